The van der Waals surface area contributed by atoms with Crippen molar-refractivity contribution in [2.24, 2.45) is 5.73 Å². The summed E-state index contributed by atoms with van der Waals surface area (Å²) in [6.07, 6.45) is 0. The Kier molecular flexibility index (Phi) is 4.77. The van der Waals surface area contributed by atoms with Gasteiger partial charge in [0.25, 0.3) is 0 Å². The molecule has 7 nitrogen and oxygen atoms in total. The van der Waals surface area contributed by atoms with E-state index in [1.54, 1.807) is 24.3 Å². The van der Waals surface area contributed by atoms with Crippen molar-refractivity contribution in [1.29, 1.82) is 5.26 Å². The fourth-order valence-corrected chi connectivity index (χ4v) is 3.18. The minimum Gasteiger partial charge on any atom is -0.458 e. The predicted octanol–water partition coefficient (Wildman–Crippen LogP) is 3.14. The molecule has 29 heavy (non-hydrogen) atoms. The number of ether oxygens (including phenoxy) is 2. The maximum Gasteiger partial charge on any atom is 0.228 e. The van der Waals surface area contributed by atoms with Crippen LogP contribution in [0.25, 0.3) is 0 Å². The summed E-state index contributed by atoms with van der Waals surface area (Å²) >= 11 is 0. The summed E-state index contributed by atoms with van der Waals surface area (Å²) in [7, 11) is 0. The van der Waals surface area contributed by atoms with Crippen molar-refractivity contribution in [2.45, 2.75) is 12.5 Å². The first-order valence-corrected chi connectivity index (χ1v) is 8.79. The zero-order chi connectivity index (χ0) is 20.4. The van der Waals surface area contributed by atoms with E-state index in [0.717, 1.165) is 6.07 Å². The van der Waals surface area contributed by atoms with Crippen LogP contribution in [0.4, 0.5) is 0 Å². The Hall–Kier alpha value is -4.02. The molecule has 0 aliphatic carbocycles. The summed E-state index contributed by atoms with van der Waals surface area (Å²) in [4.78, 5) is 12.4. The van der Waals surface area contributed by atoms with Crippen LogP contribution in [0.2, 0.25) is 0 Å². The van der Waals surface area contributed by atoms with E-state index in [1.165, 1.54) is 0 Å². The molecule has 0 radical (unpaired) electrons. The van der Waals surface area contributed by atoms with Crippen LogP contribution in [-0.2, 0) is 6.61 Å². The molecule has 0 fully saturated rings. The standard InChI is InChI=1S/C22H16N2O5/c23-11-17-19(21-20(29-22(17)24)18(26)10-16(12-25)28-21)13-5-4-8-15(9-13)27-14-6-2-1-3-7-14/h1-10,19,25H,12,24H2. The highest BCUT2D eigenvalue weighted by Crippen LogP contribution is 2.41. The van der Waals surface area contributed by atoms with Crippen LogP contribution in [0.5, 0.6) is 17.2 Å². The van der Waals surface area contributed by atoms with Gasteiger partial charge in [-0.25, -0.2) is 0 Å². The maximum absolute atomic E-state index is 12.4. The number of benzene rings is 2. The number of para-hydroxylation sites is 1. The summed E-state index contributed by atoms with van der Waals surface area (Å²) in [5.41, 5.74) is 6.15. The van der Waals surface area contributed by atoms with Crippen molar-refractivity contribution in [1.82, 2.24) is 0 Å². The van der Waals surface area contributed by atoms with Gasteiger partial charge in [-0.05, 0) is 29.8 Å². The quantitative estimate of drug-likeness (QED) is 0.705. The summed E-state index contributed by atoms with van der Waals surface area (Å²) < 4.78 is 16.9. The fraction of sp³-hybridized carbons (Fsp3) is 0.0909. The molecule has 0 amide bonds. The first-order chi connectivity index (χ1) is 14.1. The molecule has 1 aliphatic heterocycles. The second-order valence-corrected chi connectivity index (χ2v) is 6.34. The van der Waals surface area contributed by atoms with Crippen LogP contribution in [0, 0.1) is 11.3 Å². The average Bonchev–Trinajstić information content (AvgIpc) is 2.74. The van der Waals surface area contributed by atoms with Crippen molar-refractivity contribution in [3.63, 3.8) is 0 Å². The highest BCUT2D eigenvalue weighted by Gasteiger charge is 2.35. The number of hydrogen-bond donors (Lipinski definition) is 2. The van der Waals surface area contributed by atoms with Crippen LogP contribution in [-0.4, -0.2) is 5.11 Å². The number of nitrogens with zero attached hydrogens (tertiary/aromatic N) is 1. The third-order valence-electron chi connectivity index (χ3n) is 4.46. The molecule has 3 aromatic rings. The van der Waals surface area contributed by atoms with Crippen LogP contribution >= 0.6 is 0 Å². The number of fused-ring (bicyclic) bond motifs is 1. The van der Waals surface area contributed by atoms with Crippen LogP contribution in [0.1, 0.15) is 23.0 Å². The van der Waals surface area contributed by atoms with Crippen molar-refractivity contribution in [3.05, 3.63) is 99.4 Å². The Morgan fingerprint density at radius 1 is 1.10 bits per heavy atom. The van der Waals surface area contributed by atoms with Crippen LogP contribution in [0.15, 0.2) is 81.3 Å². The van der Waals surface area contributed by atoms with E-state index in [1.807, 2.05) is 36.4 Å². The Morgan fingerprint density at radius 2 is 1.86 bits per heavy atom. The van der Waals surface area contributed by atoms with Crippen LogP contribution < -0.4 is 20.6 Å². The number of nitriles is 1. The van der Waals surface area contributed by atoms with Gasteiger partial charge in [0.15, 0.2) is 5.76 Å². The third kappa shape index (κ3) is 3.45. The molecular formula is C22H16N2O5. The summed E-state index contributed by atoms with van der Waals surface area (Å²) in [6, 6.07) is 19.5. The van der Waals surface area contributed by atoms with Gasteiger partial charge in [-0.15, -0.1) is 0 Å². The van der Waals surface area contributed by atoms with Gasteiger partial charge in [-0.2, -0.15) is 5.26 Å². The molecule has 1 unspecified atom stereocenters. The summed E-state index contributed by atoms with van der Waals surface area (Å²) in [5, 5.41) is 19.1. The second kappa shape index (κ2) is 7.54. The molecule has 1 atom stereocenters. The van der Waals surface area contributed by atoms with Crippen molar-refractivity contribution in [2.75, 3.05) is 0 Å². The molecule has 0 saturated carbocycles. The van der Waals surface area contributed by atoms with Gasteiger partial charge >= 0.3 is 0 Å². The normalized spacial score (nSPS) is 15.2. The monoisotopic (exact) mass is 388 g/mol. The van der Waals surface area contributed by atoms with Gasteiger partial charge in [0.1, 0.15) is 35.5 Å². The van der Waals surface area contributed by atoms with E-state index in [0.29, 0.717) is 17.1 Å². The van der Waals surface area contributed by atoms with Gasteiger partial charge in [-0.1, -0.05) is 30.3 Å². The SMILES string of the molecule is N#CC1=C(N)Oc2c(oc(CO)cc2=O)C1c1cccc(Oc2ccccc2)c1. The van der Waals surface area contributed by atoms with Gasteiger partial charge < -0.3 is 24.7 Å². The molecule has 0 bridgehead atoms. The summed E-state index contributed by atoms with van der Waals surface area (Å²) in [5.74, 6) is 0.338. The molecule has 1 aromatic heterocycles. The van der Waals surface area contributed by atoms with Crippen LogP contribution in [0.3, 0.4) is 0 Å². The van der Waals surface area contributed by atoms with Gasteiger partial charge in [-0.3, -0.25) is 4.79 Å². The number of allylic oxidation sites excluding steroid dienone is 1. The fourth-order valence-electron chi connectivity index (χ4n) is 3.18. The number of hydrogen-bond acceptors (Lipinski definition) is 7. The molecule has 144 valence electrons. The largest absolute Gasteiger partial charge is 0.458 e. The molecule has 2 aromatic carbocycles. The van der Waals surface area contributed by atoms with Crippen molar-refractivity contribution >= 4 is 0 Å². The number of aliphatic hydroxyl groups excluding tert-OH is 1. The molecule has 0 spiro atoms. The number of aliphatic hydroxyl groups is 1. The van der Waals surface area contributed by atoms with E-state index >= 15 is 0 Å². The first kappa shape index (κ1) is 18.3. The van der Waals surface area contributed by atoms with E-state index in [9.17, 15) is 15.2 Å². The lowest BCUT2D eigenvalue weighted by Gasteiger charge is -2.25. The lowest BCUT2D eigenvalue weighted by molar-refractivity contribution is 0.231. The van der Waals surface area contributed by atoms with Gasteiger partial charge in [0.05, 0.1) is 5.92 Å². The molecule has 4 rings (SSSR count). The van der Waals surface area contributed by atoms with E-state index in [4.69, 9.17) is 19.6 Å². The van der Waals surface area contributed by atoms with Crippen molar-refractivity contribution in [3.8, 4) is 23.3 Å². The van der Waals surface area contributed by atoms with Gasteiger partial charge in [0.2, 0.25) is 17.1 Å². The Bertz CT molecular complexity index is 1190. The minimum atomic E-state index is -0.776. The Balaban J connectivity index is 1.84. The highest BCUT2D eigenvalue weighted by atomic mass is 16.5. The number of nitrogens with two attached hydrogens (primary N) is 1. The Morgan fingerprint density at radius 3 is 2.59 bits per heavy atom. The Labute approximate surface area is 165 Å². The second-order valence-electron chi connectivity index (χ2n) is 6.34. The third-order valence-corrected chi connectivity index (χ3v) is 4.46. The van der Waals surface area contributed by atoms with E-state index in [-0.39, 0.29) is 28.7 Å². The molecule has 7 heteroatoms. The zero-order valence-electron chi connectivity index (χ0n) is 15.2. The smallest absolute Gasteiger partial charge is 0.228 e. The van der Waals surface area contributed by atoms with E-state index < -0.39 is 18.0 Å². The molecule has 2 heterocycles. The topological polar surface area (TPSA) is 119 Å². The molecule has 0 saturated heterocycles. The maximum atomic E-state index is 12.4. The molecular weight excluding hydrogens is 372 g/mol. The first-order valence-electron chi connectivity index (χ1n) is 8.79. The predicted molar refractivity (Wildman–Crippen MR) is 103 cm³/mol. The van der Waals surface area contributed by atoms with E-state index in [2.05, 4.69) is 0 Å². The molecule has 3 N–H and O–H groups in total. The lowest BCUT2D eigenvalue weighted by atomic mass is 9.87. The van der Waals surface area contributed by atoms with Gasteiger partial charge in [0, 0.05) is 6.07 Å². The average molecular weight is 388 g/mol. The zero-order valence-corrected chi connectivity index (χ0v) is 15.2. The minimum absolute atomic E-state index is 0.0665. The molecule has 1 aliphatic rings. The summed E-state index contributed by atoms with van der Waals surface area (Å²) in [6.45, 7) is -0.465. The lowest BCUT2D eigenvalue weighted by Crippen LogP contribution is -2.25. The highest BCUT2D eigenvalue weighted by molar-refractivity contribution is 5.53. The van der Waals surface area contributed by atoms with Crippen molar-refractivity contribution < 1.29 is 19.0 Å². The number of rotatable bonds is 4.